The van der Waals surface area contributed by atoms with E-state index in [1.165, 1.54) is 20.0 Å². The first-order chi connectivity index (χ1) is 6.22. The van der Waals surface area contributed by atoms with Crippen molar-refractivity contribution in [3.05, 3.63) is 0 Å². The number of ether oxygens (including phenoxy) is 1. The molecule has 72 valence electrons. The van der Waals surface area contributed by atoms with Crippen LogP contribution in [0.25, 0.3) is 0 Å². The monoisotopic (exact) mass is 180 g/mol. The second-order valence-electron chi connectivity index (χ2n) is 3.72. The van der Waals surface area contributed by atoms with Gasteiger partial charge in [-0.25, -0.2) is 4.79 Å². The molecule has 0 heterocycles. The summed E-state index contributed by atoms with van der Waals surface area (Å²) < 4.78 is 4.45. The Morgan fingerprint density at radius 3 is 2.46 bits per heavy atom. The largest absolute Gasteiger partial charge is 0.459 e. The summed E-state index contributed by atoms with van der Waals surface area (Å²) >= 11 is 0. The van der Waals surface area contributed by atoms with Crippen LogP contribution in [-0.2, 0) is 9.53 Å². The van der Waals surface area contributed by atoms with E-state index in [1.807, 2.05) is 0 Å². The lowest BCUT2D eigenvalue weighted by Crippen LogP contribution is -2.11. The number of carbonyl (C=O) groups excluding carboxylic acids is 1. The van der Waals surface area contributed by atoms with Crippen LogP contribution < -0.4 is 0 Å². The highest BCUT2D eigenvalue weighted by molar-refractivity contribution is 5.88. The van der Waals surface area contributed by atoms with Crippen LogP contribution in [-0.4, -0.2) is 13.1 Å². The number of hydrogen-bond acceptors (Lipinski definition) is 2. The third kappa shape index (κ3) is 3.50. The van der Waals surface area contributed by atoms with Crippen molar-refractivity contribution in [1.29, 1.82) is 0 Å². The van der Waals surface area contributed by atoms with Crippen LogP contribution >= 0.6 is 0 Å². The molecule has 2 heteroatoms. The lowest BCUT2D eigenvalue weighted by atomic mass is 9.83. The van der Waals surface area contributed by atoms with Gasteiger partial charge in [0.25, 0.3) is 0 Å². The van der Waals surface area contributed by atoms with E-state index in [-0.39, 0.29) is 0 Å². The van der Waals surface area contributed by atoms with Crippen molar-refractivity contribution in [3.63, 3.8) is 0 Å². The molecule has 1 saturated carbocycles. The van der Waals surface area contributed by atoms with Crippen LogP contribution in [0, 0.1) is 23.7 Å². The van der Waals surface area contributed by atoms with Crippen molar-refractivity contribution < 1.29 is 9.53 Å². The number of rotatable bonds is 0. The van der Waals surface area contributed by atoms with Crippen molar-refractivity contribution in [1.82, 2.24) is 0 Å². The predicted octanol–water partition coefficient (Wildman–Crippen LogP) is 1.99. The van der Waals surface area contributed by atoms with Crippen LogP contribution in [0.15, 0.2) is 0 Å². The average molecular weight is 180 g/mol. The number of esters is 1. The van der Waals surface area contributed by atoms with E-state index in [2.05, 4.69) is 23.5 Å². The van der Waals surface area contributed by atoms with Crippen molar-refractivity contribution >= 4 is 5.97 Å². The minimum absolute atomic E-state index is 0.412. The summed E-state index contributed by atoms with van der Waals surface area (Å²) in [5, 5.41) is 0. The molecular weight excluding hydrogens is 164 g/mol. The second kappa shape index (κ2) is 4.91. The van der Waals surface area contributed by atoms with Gasteiger partial charge in [0.15, 0.2) is 0 Å². The summed E-state index contributed by atoms with van der Waals surface area (Å²) in [6.07, 6.45) is 4.73. The molecule has 0 bridgehead atoms. The van der Waals surface area contributed by atoms with E-state index < -0.39 is 5.97 Å². The molecule has 0 saturated heterocycles. The van der Waals surface area contributed by atoms with Crippen LogP contribution in [0.2, 0.25) is 0 Å². The first-order valence-corrected chi connectivity index (χ1v) is 4.82. The maximum Gasteiger partial charge on any atom is 0.384 e. The van der Waals surface area contributed by atoms with Gasteiger partial charge in [-0.1, -0.05) is 12.8 Å². The average Bonchev–Trinajstić information content (AvgIpc) is 2.16. The van der Waals surface area contributed by atoms with E-state index >= 15 is 0 Å². The molecule has 1 aliphatic carbocycles. The topological polar surface area (TPSA) is 26.3 Å². The van der Waals surface area contributed by atoms with E-state index in [4.69, 9.17) is 0 Å². The Bertz CT molecular complexity index is 226. The molecule has 0 atom stereocenters. The van der Waals surface area contributed by atoms with Gasteiger partial charge in [0.05, 0.1) is 7.11 Å². The van der Waals surface area contributed by atoms with Gasteiger partial charge in [-0.15, -0.1) is 0 Å². The molecule has 1 aliphatic rings. The Balaban J connectivity index is 2.36. The van der Waals surface area contributed by atoms with Gasteiger partial charge in [-0.05, 0) is 31.6 Å². The summed E-state index contributed by atoms with van der Waals surface area (Å²) in [5.74, 6) is 6.30. The highest BCUT2D eigenvalue weighted by atomic mass is 16.5. The molecule has 0 unspecified atom stereocenters. The molecule has 2 nitrogen and oxygen atoms in total. The third-order valence-electron chi connectivity index (χ3n) is 2.58. The quantitative estimate of drug-likeness (QED) is 0.324. The fraction of sp³-hybridized carbons (Fsp3) is 0.727. The fourth-order valence-electron chi connectivity index (χ4n) is 1.62. The first kappa shape index (κ1) is 10.1. The summed E-state index contributed by atoms with van der Waals surface area (Å²) in [6, 6.07) is 0. The molecule has 0 spiro atoms. The van der Waals surface area contributed by atoms with Crippen LogP contribution in [0.1, 0.15) is 32.6 Å². The fourth-order valence-corrected chi connectivity index (χ4v) is 1.62. The number of methoxy groups -OCH3 is 1. The van der Waals surface area contributed by atoms with Gasteiger partial charge >= 0.3 is 5.97 Å². The molecule has 0 amide bonds. The zero-order valence-corrected chi connectivity index (χ0v) is 8.30. The maximum absolute atomic E-state index is 10.7. The summed E-state index contributed by atoms with van der Waals surface area (Å²) in [5.41, 5.74) is 0. The molecule has 1 rings (SSSR count). The molecular formula is C11H16O2. The summed E-state index contributed by atoms with van der Waals surface area (Å²) in [4.78, 5) is 10.7. The first-order valence-electron chi connectivity index (χ1n) is 4.82. The van der Waals surface area contributed by atoms with E-state index in [1.54, 1.807) is 0 Å². The van der Waals surface area contributed by atoms with Gasteiger partial charge in [0, 0.05) is 11.8 Å². The van der Waals surface area contributed by atoms with Crippen molar-refractivity contribution in [2.75, 3.05) is 7.11 Å². The van der Waals surface area contributed by atoms with Gasteiger partial charge in [0.2, 0.25) is 0 Å². The van der Waals surface area contributed by atoms with Gasteiger partial charge in [-0.3, -0.25) is 0 Å². The van der Waals surface area contributed by atoms with E-state index in [0.717, 1.165) is 18.8 Å². The van der Waals surface area contributed by atoms with Gasteiger partial charge in [-0.2, -0.15) is 0 Å². The Hall–Kier alpha value is -0.970. The third-order valence-corrected chi connectivity index (χ3v) is 2.58. The molecule has 0 aromatic rings. The van der Waals surface area contributed by atoms with E-state index in [0.29, 0.717) is 5.92 Å². The minimum atomic E-state index is -0.418. The SMILES string of the molecule is COC(=O)C#CC1CCC(C)CC1. The molecule has 1 fully saturated rings. The smallest absolute Gasteiger partial charge is 0.384 e. The van der Waals surface area contributed by atoms with Crippen LogP contribution in [0.3, 0.4) is 0 Å². The van der Waals surface area contributed by atoms with Crippen molar-refractivity contribution in [3.8, 4) is 11.8 Å². The standard InChI is InChI=1S/C11H16O2/c1-9-3-5-10(6-4-9)7-8-11(12)13-2/h9-10H,3-6H2,1-2H3. The molecule has 13 heavy (non-hydrogen) atoms. The predicted molar refractivity (Wildman–Crippen MR) is 50.9 cm³/mol. The van der Waals surface area contributed by atoms with Crippen LogP contribution in [0.5, 0.6) is 0 Å². The molecule has 0 aromatic heterocycles. The van der Waals surface area contributed by atoms with Crippen molar-refractivity contribution in [2.24, 2.45) is 11.8 Å². The normalized spacial score (nSPS) is 27.2. The summed E-state index contributed by atoms with van der Waals surface area (Å²) in [7, 11) is 1.36. The van der Waals surface area contributed by atoms with Gasteiger partial charge in [0.1, 0.15) is 0 Å². The van der Waals surface area contributed by atoms with Crippen LogP contribution in [0.4, 0.5) is 0 Å². The maximum atomic E-state index is 10.7. The highest BCUT2D eigenvalue weighted by Crippen LogP contribution is 2.27. The molecule has 0 aliphatic heterocycles. The molecule has 0 radical (unpaired) electrons. The highest BCUT2D eigenvalue weighted by Gasteiger charge is 2.16. The van der Waals surface area contributed by atoms with Crippen molar-refractivity contribution in [2.45, 2.75) is 32.6 Å². The Morgan fingerprint density at radius 1 is 1.31 bits per heavy atom. The summed E-state index contributed by atoms with van der Waals surface area (Å²) in [6.45, 7) is 2.27. The second-order valence-corrected chi connectivity index (χ2v) is 3.72. The Kier molecular flexibility index (Phi) is 3.82. The van der Waals surface area contributed by atoms with E-state index in [9.17, 15) is 4.79 Å². The molecule has 0 aromatic carbocycles. The Morgan fingerprint density at radius 2 is 1.92 bits per heavy atom. The lowest BCUT2D eigenvalue weighted by molar-refractivity contribution is -0.133. The molecule has 0 N–H and O–H groups in total. The minimum Gasteiger partial charge on any atom is -0.459 e. The van der Waals surface area contributed by atoms with Gasteiger partial charge < -0.3 is 4.74 Å². The lowest BCUT2D eigenvalue weighted by Gasteiger charge is -2.21. The Labute approximate surface area is 79.7 Å². The zero-order valence-electron chi connectivity index (χ0n) is 8.30. The number of carbonyl (C=O) groups is 1. The number of hydrogen-bond donors (Lipinski definition) is 0. The zero-order chi connectivity index (χ0) is 9.68.